The molecule has 1 aromatic rings. The summed E-state index contributed by atoms with van der Waals surface area (Å²) in [5, 5.41) is 0.913. The smallest absolute Gasteiger partial charge is 0.161 e. The van der Waals surface area contributed by atoms with Gasteiger partial charge in [-0.25, -0.2) is 9.97 Å². The molecule has 4 nitrogen and oxygen atoms in total. The maximum absolute atomic E-state index is 6.23. The highest BCUT2D eigenvalue weighted by atomic mass is 35.5. The fourth-order valence-electron chi connectivity index (χ4n) is 2.42. The summed E-state index contributed by atoms with van der Waals surface area (Å²) in [6.45, 7) is 7.77. The van der Waals surface area contributed by atoms with Gasteiger partial charge in [0.25, 0.3) is 0 Å². The molecule has 1 aromatic heterocycles. The summed E-state index contributed by atoms with van der Waals surface area (Å²) >= 11 is 12.5. The Bertz CT molecular complexity index is 431. The summed E-state index contributed by atoms with van der Waals surface area (Å²) in [5.74, 6) is 0.598. The van der Waals surface area contributed by atoms with Gasteiger partial charge in [0.15, 0.2) is 5.82 Å². The monoisotopic (exact) mass is 317 g/mol. The van der Waals surface area contributed by atoms with Crippen molar-refractivity contribution in [3.05, 3.63) is 21.7 Å². The first-order valence-corrected chi connectivity index (χ1v) is 7.97. The fraction of sp³-hybridized carbons (Fsp3) is 0.714. The summed E-state index contributed by atoms with van der Waals surface area (Å²) in [6, 6.07) is 0. The van der Waals surface area contributed by atoms with Crippen LogP contribution in [0.25, 0.3) is 0 Å². The Hall–Kier alpha value is -0.420. The summed E-state index contributed by atoms with van der Waals surface area (Å²) in [5.41, 5.74) is 0.834. The van der Waals surface area contributed by atoms with E-state index in [-0.39, 0.29) is 6.10 Å². The van der Waals surface area contributed by atoms with Crippen LogP contribution in [0.3, 0.4) is 0 Å². The van der Waals surface area contributed by atoms with Crippen molar-refractivity contribution in [1.82, 2.24) is 14.9 Å². The van der Waals surface area contributed by atoms with Crippen LogP contribution in [0.2, 0.25) is 10.3 Å². The summed E-state index contributed by atoms with van der Waals surface area (Å²) in [6.07, 6.45) is 2.75. The van der Waals surface area contributed by atoms with E-state index in [1.54, 1.807) is 0 Å². The van der Waals surface area contributed by atoms with Gasteiger partial charge in [-0.15, -0.1) is 0 Å². The maximum atomic E-state index is 6.23. The van der Waals surface area contributed by atoms with Crippen LogP contribution in [0.4, 0.5) is 0 Å². The molecule has 1 aliphatic heterocycles. The van der Waals surface area contributed by atoms with E-state index in [0.717, 1.165) is 44.5 Å². The first-order valence-electron chi connectivity index (χ1n) is 7.21. The fourth-order valence-corrected chi connectivity index (χ4v) is 3.01. The van der Waals surface area contributed by atoms with E-state index in [9.17, 15) is 0 Å². The van der Waals surface area contributed by atoms with Gasteiger partial charge in [0.05, 0.1) is 6.61 Å². The Kier molecular flexibility index (Phi) is 6.02. The Morgan fingerprint density at radius 3 is 2.50 bits per heavy atom. The number of rotatable bonds is 5. The first-order chi connectivity index (χ1) is 9.65. The Morgan fingerprint density at radius 2 is 1.90 bits per heavy atom. The average Bonchev–Trinajstić information content (AvgIpc) is 2.43. The maximum Gasteiger partial charge on any atom is 0.161 e. The molecular weight excluding hydrogens is 297 g/mol. The van der Waals surface area contributed by atoms with Crippen molar-refractivity contribution in [3.63, 3.8) is 0 Å². The van der Waals surface area contributed by atoms with Crippen molar-refractivity contribution < 1.29 is 4.74 Å². The van der Waals surface area contributed by atoms with Crippen molar-refractivity contribution in [2.24, 2.45) is 0 Å². The van der Waals surface area contributed by atoms with Crippen LogP contribution in [-0.2, 0) is 11.2 Å². The molecule has 1 fully saturated rings. The predicted molar refractivity (Wildman–Crippen MR) is 81.5 cm³/mol. The molecule has 6 heteroatoms. The average molecular weight is 318 g/mol. The lowest BCUT2D eigenvalue weighted by Gasteiger charge is -2.32. The molecule has 20 heavy (non-hydrogen) atoms. The van der Waals surface area contributed by atoms with Gasteiger partial charge in [-0.1, -0.05) is 43.5 Å². The molecule has 0 saturated carbocycles. The van der Waals surface area contributed by atoms with E-state index < -0.39 is 0 Å². The minimum atomic E-state index is -0.138. The van der Waals surface area contributed by atoms with E-state index >= 15 is 0 Å². The lowest BCUT2D eigenvalue weighted by Crippen LogP contribution is -2.39. The third-order valence-electron chi connectivity index (χ3n) is 3.40. The minimum absolute atomic E-state index is 0.138. The third-order valence-corrected chi connectivity index (χ3v) is 4.03. The molecule has 0 amide bonds. The zero-order chi connectivity index (χ0) is 14.5. The largest absolute Gasteiger partial charge is 0.368 e. The standard InChI is InChI=1S/C14H21Cl2N3O/c1-3-5-10-12(15)17-14(18-13(10)16)11-9-19(6-4-2)7-8-20-11/h11H,3-9H2,1-2H3. The van der Waals surface area contributed by atoms with Gasteiger partial charge in [-0.3, -0.25) is 4.90 Å². The second-order valence-corrected chi connectivity index (χ2v) is 5.77. The third kappa shape index (κ3) is 3.82. The molecule has 2 heterocycles. The van der Waals surface area contributed by atoms with Crippen LogP contribution in [0.5, 0.6) is 0 Å². The number of aromatic nitrogens is 2. The van der Waals surface area contributed by atoms with E-state index in [2.05, 4.69) is 28.7 Å². The van der Waals surface area contributed by atoms with Gasteiger partial charge >= 0.3 is 0 Å². The van der Waals surface area contributed by atoms with Crippen molar-refractivity contribution in [2.45, 2.75) is 39.2 Å². The normalized spacial score (nSPS) is 20.3. The number of nitrogens with zero attached hydrogens (tertiary/aromatic N) is 3. The zero-order valence-corrected chi connectivity index (χ0v) is 13.5. The Balaban J connectivity index is 2.16. The van der Waals surface area contributed by atoms with Gasteiger partial charge in [-0.2, -0.15) is 0 Å². The number of hydrogen-bond donors (Lipinski definition) is 0. The van der Waals surface area contributed by atoms with Crippen LogP contribution < -0.4 is 0 Å². The summed E-state index contributed by atoms with van der Waals surface area (Å²) in [7, 11) is 0. The number of ether oxygens (including phenoxy) is 1. The van der Waals surface area contributed by atoms with Gasteiger partial charge in [0, 0.05) is 18.7 Å². The quantitative estimate of drug-likeness (QED) is 0.779. The van der Waals surface area contributed by atoms with Gasteiger partial charge in [-0.05, 0) is 19.4 Å². The minimum Gasteiger partial charge on any atom is -0.368 e. The molecule has 0 bridgehead atoms. The predicted octanol–water partition coefficient (Wildman–Crippen LogP) is 3.52. The van der Waals surface area contributed by atoms with Crippen LogP contribution in [0, 0.1) is 0 Å². The summed E-state index contributed by atoms with van der Waals surface area (Å²) < 4.78 is 5.77. The molecular formula is C14H21Cl2N3O. The van der Waals surface area contributed by atoms with Gasteiger partial charge in [0.2, 0.25) is 0 Å². The molecule has 1 atom stereocenters. The number of halogens is 2. The van der Waals surface area contributed by atoms with Crippen LogP contribution >= 0.6 is 23.2 Å². The summed E-state index contributed by atoms with van der Waals surface area (Å²) in [4.78, 5) is 11.1. The second kappa shape index (κ2) is 7.55. The second-order valence-electron chi connectivity index (χ2n) is 5.05. The van der Waals surface area contributed by atoms with E-state index in [1.807, 2.05) is 0 Å². The SMILES string of the molecule is CCCc1c(Cl)nc(C2CN(CCC)CCO2)nc1Cl. The van der Waals surface area contributed by atoms with Crippen LogP contribution in [0.1, 0.15) is 44.2 Å². The molecule has 112 valence electrons. The molecule has 1 unspecified atom stereocenters. The van der Waals surface area contributed by atoms with Crippen molar-refractivity contribution in [1.29, 1.82) is 0 Å². The van der Waals surface area contributed by atoms with Gasteiger partial charge in [0.1, 0.15) is 16.4 Å². The van der Waals surface area contributed by atoms with Crippen molar-refractivity contribution >= 4 is 23.2 Å². The highest BCUT2D eigenvalue weighted by Gasteiger charge is 2.25. The molecule has 0 spiro atoms. The Morgan fingerprint density at radius 1 is 1.20 bits per heavy atom. The molecule has 1 saturated heterocycles. The zero-order valence-electron chi connectivity index (χ0n) is 12.0. The van der Waals surface area contributed by atoms with Crippen LogP contribution in [0.15, 0.2) is 0 Å². The number of morpholine rings is 1. The topological polar surface area (TPSA) is 38.2 Å². The first kappa shape index (κ1) is 16.0. The van der Waals surface area contributed by atoms with Crippen molar-refractivity contribution in [2.75, 3.05) is 26.2 Å². The van der Waals surface area contributed by atoms with Crippen molar-refractivity contribution in [3.8, 4) is 0 Å². The highest BCUT2D eigenvalue weighted by Crippen LogP contribution is 2.27. The molecule has 0 aliphatic carbocycles. The molecule has 0 N–H and O–H groups in total. The highest BCUT2D eigenvalue weighted by molar-refractivity contribution is 6.34. The van der Waals surface area contributed by atoms with E-state index in [4.69, 9.17) is 27.9 Å². The molecule has 1 aliphatic rings. The van der Waals surface area contributed by atoms with Crippen LogP contribution in [-0.4, -0.2) is 41.1 Å². The van der Waals surface area contributed by atoms with E-state index in [1.165, 1.54) is 0 Å². The number of hydrogen-bond acceptors (Lipinski definition) is 4. The van der Waals surface area contributed by atoms with Gasteiger partial charge < -0.3 is 4.74 Å². The molecule has 0 radical (unpaired) electrons. The molecule has 2 rings (SSSR count). The van der Waals surface area contributed by atoms with E-state index in [0.29, 0.717) is 22.7 Å². The Labute approximate surface area is 130 Å². The molecule has 0 aromatic carbocycles. The lowest BCUT2D eigenvalue weighted by molar-refractivity contribution is -0.0342. The lowest BCUT2D eigenvalue weighted by atomic mass is 10.2.